The first kappa shape index (κ1) is 21.5. The summed E-state index contributed by atoms with van der Waals surface area (Å²) in [6.07, 6.45) is 2.18. The van der Waals surface area contributed by atoms with E-state index in [1.807, 2.05) is 18.2 Å². The van der Waals surface area contributed by atoms with Gasteiger partial charge in [-0.15, -0.1) is 0 Å². The lowest BCUT2D eigenvalue weighted by molar-refractivity contribution is 0.649. The first-order valence-electron chi connectivity index (χ1n) is 13.6. The van der Waals surface area contributed by atoms with E-state index >= 15 is 0 Å². The van der Waals surface area contributed by atoms with Gasteiger partial charge in [0.15, 0.2) is 0 Å². The minimum Gasteiger partial charge on any atom is -0.437 e. The Bertz CT molecular complexity index is 2380. The highest BCUT2D eigenvalue weighted by Crippen LogP contribution is 2.45. The highest BCUT2D eigenvalue weighted by atomic mass is 16.3. The Morgan fingerprint density at radius 1 is 0.500 bits per heavy atom. The fraction of sp³-hybridized carbons (Fsp3) is 0. The number of furan rings is 1. The Labute approximate surface area is 229 Å². The highest BCUT2D eigenvalue weighted by Gasteiger charge is 2.19. The molecule has 0 amide bonds. The van der Waals surface area contributed by atoms with Crippen LogP contribution in [0.3, 0.4) is 0 Å². The topological polar surface area (TPSA) is 30.4 Å². The van der Waals surface area contributed by atoms with Gasteiger partial charge in [0.2, 0.25) is 5.71 Å². The van der Waals surface area contributed by atoms with E-state index in [-0.39, 0.29) is 0 Å². The van der Waals surface area contributed by atoms with Crippen molar-refractivity contribution in [2.24, 2.45) is 0 Å². The molecule has 9 aromatic rings. The smallest absolute Gasteiger partial charge is 0.232 e. The largest absolute Gasteiger partial charge is 0.437 e. The van der Waals surface area contributed by atoms with Crippen molar-refractivity contribution >= 4 is 60.2 Å². The monoisotopic (exact) mass is 510 g/mol. The Morgan fingerprint density at radius 2 is 1.10 bits per heavy atom. The van der Waals surface area contributed by atoms with Crippen LogP contribution in [-0.2, 0) is 0 Å². The molecule has 9 rings (SSSR count). The lowest BCUT2D eigenvalue weighted by Gasteiger charge is -2.18. The molecular formula is C37H22N2O. The van der Waals surface area contributed by atoms with Gasteiger partial charge in [0.1, 0.15) is 16.7 Å². The van der Waals surface area contributed by atoms with Gasteiger partial charge in [-0.3, -0.25) is 4.40 Å². The van der Waals surface area contributed by atoms with E-state index in [0.717, 1.165) is 33.4 Å². The van der Waals surface area contributed by atoms with Gasteiger partial charge in [-0.25, -0.2) is 4.98 Å². The van der Waals surface area contributed by atoms with Crippen LogP contribution in [0.25, 0.3) is 82.4 Å². The van der Waals surface area contributed by atoms with E-state index in [1.54, 1.807) is 0 Å². The number of rotatable bonds is 2. The molecule has 0 aliphatic heterocycles. The van der Waals surface area contributed by atoms with Crippen LogP contribution in [-0.4, -0.2) is 9.38 Å². The van der Waals surface area contributed by atoms with Gasteiger partial charge in [0.25, 0.3) is 0 Å². The molecule has 0 fully saturated rings. The third-order valence-electron chi connectivity index (χ3n) is 8.20. The summed E-state index contributed by atoms with van der Waals surface area (Å²) in [4.78, 5) is 4.91. The first-order chi connectivity index (χ1) is 19.8. The predicted octanol–water partition coefficient (Wildman–Crippen LogP) is 10.0. The second-order valence-corrected chi connectivity index (χ2v) is 10.4. The number of imidazole rings is 1. The van der Waals surface area contributed by atoms with E-state index in [4.69, 9.17) is 9.40 Å². The van der Waals surface area contributed by atoms with E-state index < -0.39 is 0 Å². The molecule has 0 aliphatic carbocycles. The molecule has 0 aliphatic rings. The minimum absolute atomic E-state index is 0.777. The van der Waals surface area contributed by atoms with Crippen molar-refractivity contribution in [1.82, 2.24) is 9.38 Å². The summed E-state index contributed by atoms with van der Waals surface area (Å²) in [6, 6.07) is 45.3. The molecule has 0 bridgehead atoms. The second-order valence-electron chi connectivity index (χ2n) is 10.4. The first-order valence-corrected chi connectivity index (χ1v) is 13.6. The third kappa shape index (κ3) is 2.92. The molecule has 0 spiro atoms. The normalized spacial score (nSPS) is 12.0. The molecule has 3 aromatic heterocycles. The molecule has 3 nitrogen and oxygen atoms in total. The molecular weight excluding hydrogens is 488 g/mol. The Balaban J connectivity index is 1.40. The zero-order valence-electron chi connectivity index (χ0n) is 21.5. The quantitative estimate of drug-likeness (QED) is 0.217. The molecule has 6 aromatic carbocycles. The maximum atomic E-state index is 6.29. The average molecular weight is 511 g/mol. The second kappa shape index (κ2) is 8.05. The van der Waals surface area contributed by atoms with Crippen molar-refractivity contribution in [3.8, 4) is 22.3 Å². The van der Waals surface area contributed by atoms with Crippen LogP contribution in [0.1, 0.15) is 0 Å². The van der Waals surface area contributed by atoms with E-state index in [0.29, 0.717) is 0 Å². The number of benzene rings is 6. The summed E-state index contributed by atoms with van der Waals surface area (Å²) in [5.41, 5.74) is 8.28. The summed E-state index contributed by atoms with van der Waals surface area (Å²) in [7, 11) is 0. The molecule has 0 unspecified atom stereocenters. The van der Waals surface area contributed by atoms with Gasteiger partial charge in [-0.05, 0) is 78.8 Å². The van der Waals surface area contributed by atoms with Gasteiger partial charge in [0.05, 0.1) is 0 Å². The standard InChI is InChI=1S/C37H22N2O/c1-2-12-25-23(10-1)11-9-18-26(25)35-29-15-5-3-13-27(29)34(28-14-4-6-16-30(28)35)24-20-21-33-38-36-31-17-7-8-19-32(31)40-37(36)39(33)22-24/h1-22H. The van der Waals surface area contributed by atoms with Crippen LogP contribution >= 0.6 is 0 Å². The number of nitrogens with zero attached hydrogens (tertiary/aromatic N) is 2. The zero-order valence-corrected chi connectivity index (χ0v) is 21.5. The van der Waals surface area contributed by atoms with E-state index in [9.17, 15) is 0 Å². The Morgan fingerprint density at radius 3 is 1.85 bits per heavy atom. The summed E-state index contributed by atoms with van der Waals surface area (Å²) in [5.74, 6) is 0. The van der Waals surface area contributed by atoms with Crippen LogP contribution in [0, 0.1) is 0 Å². The summed E-state index contributed by atoms with van der Waals surface area (Å²) in [5, 5.41) is 8.49. The number of aromatic nitrogens is 2. The number of fused-ring (bicyclic) bond motifs is 8. The fourth-order valence-corrected chi connectivity index (χ4v) is 6.47. The lowest BCUT2D eigenvalue weighted by Crippen LogP contribution is -1.93. The fourth-order valence-electron chi connectivity index (χ4n) is 6.47. The van der Waals surface area contributed by atoms with Gasteiger partial charge in [-0.2, -0.15) is 0 Å². The maximum absolute atomic E-state index is 6.29. The molecule has 0 saturated heterocycles. The molecule has 40 heavy (non-hydrogen) atoms. The average Bonchev–Trinajstić information content (AvgIpc) is 3.55. The Kier molecular flexibility index (Phi) is 4.33. The molecule has 0 saturated carbocycles. The SMILES string of the molecule is c1ccc2c(-c3c4ccccc4c(-c4ccc5nc6c7ccccc7oc6n5c4)c4ccccc34)cccc2c1. The van der Waals surface area contributed by atoms with Crippen LogP contribution in [0.2, 0.25) is 0 Å². The van der Waals surface area contributed by atoms with Crippen molar-refractivity contribution in [1.29, 1.82) is 0 Å². The van der Waals surface area contributed by atoms with Crippen LogP contribution in [0.15, 0.2) is 138 Å². The van der Waals surface area contributed by atoms with Crippen LogP contribution in [0.5, 0.6) is 0 Å². The highest BCUT2D eigenvalue weighted by molar-refractivity contribution is 6.23. The van der Waals surface area contributed by atoms with E-state index in [1.165, 1.54) is 49.0 Å². The molecule has 0 atom stereocenters. The maximum Gasteiger partial charge on any atom is 0.232 e. The number of hydrogen-bond donors (Lipinski definition) is 0. The van der Waals surface area contributed by atoms with Crippen molar-refractivity contribution in [2.75, 3.05) is 0 Å². The Hall–Kier alpha value is -5.41. The lowest BCUT2D eigenvalue weighted by atomic mass is 9.85. The number of hydrogen-bond acceptors (Lipinski definition) is 2. The van der Waals surface area contributed by atoms with Gasteiger partial charge in [0, 0.05) is 11.6 Å². The molecule has 3 heteroatoms. The van der Waals surface area contributed by atoms with Crippen molar-refractivity contribution in [3.63, 3.8) is 0 Å². The number of para-hydroxylation sites is 1. The molecule has 3 heterocycles. The predicted molar refractivity (Wildman–Crippen MR) is 166 cm³/mol. The van der Waals surface area contributed by atoms with Gasteiger partial charge in [-0.1, -0.05) is 103 Å². The molecule has 186 valence electrons. The van der Waals surface area contributed by atoms with E-state index in [2.05, 4.69) is 120 Å². The van der Waals surface area contributed by atoms with Crippen LogP contribution < -0.4 is 0 Å². The van der Waals surface area contributed by atoms with Crippen LogP contribution in [0.4, 0.5) is 0 Å². The summed E-state index contributed by atoms with van der Waals surface area (Å²) >= 11 is 0. The molecule has 0 N–H and O–H groups in total. The summed E-state index contributed by atoms with van der Waals surface area (Å²) in [6.45, 7) is 0. The van der Waals surface area contributed by atoms with Gasteiger partial charge < -0.3 is 4.42 Å². The van der Waals surface area contributed by atoms with Crippen molar-refractivity contribution < 1.29 is 4.42 Å². The van der Waals surface area contributed by atoms with Crippen molar-refractivity contribution in [2.45, 2.75) is 0 Å². The van der Waals surface area contributed by atoms with Crippen molar-refractivity contribution in [3.05, 3.63) is 134 Å². The third-order valence-corrected chi connectivity index (χ3v) is 8.20. The minimum atomic E-state index is 0.777. The zero-order chi connectivity index (χ0) is 26.2. The molecule has 0 radical (unpaired) electrons. The number of pyridine rings is 1. The van der Waals surface area contributed by atoms with Gasteiger partial charge >= 0.3 is 0 Å². The summed E-state index contributed by atoms with van der Waals surface area (Å²) < 4.78 is 8.38.